The second-order valence-corrected chi connectivity index (χ2v) is 3.55. The number of furan rings is 1. The maximum atomic E-state index is 11.7. The minimum Gasteiger partial charge on any atom is -0.478 e. The summed E-state index contributed by atoms with van der Waals surface area (Å²) in [6.07, 6.45) is 1.04. The third-order valence-corrected chi connectivity index (χ3v) is 2.34. The number of rotatable bonds is 3. The molecule has 0 aliphatic carbocycles. The summed E-state index contributed by atoms with van der Waals surface area (Å²) in [4.78, 5) is 22.3. The molecule has 1 amide bonds. The maximum Gasteiger partial charge on any atom is 0.338 e. The van der Waals surface area contributed by atoms with E-state index in [1.807, 2.05) is 0 Å². The average Bonchev–Trinajstić information content (AvgIpc) is 2.79. The number of amides is 1. The number of carboxylic acids is 1. The second-order valence-electron chi connectivity index (χ2n) is 3.55. The molecule has 92 valence electrons. The Balaban J connectivity index is 1.96. The topological polar surface area (TPSA) is 92.0 Å². The van der Waals surface area contributed by atoms with Gasteiger partial charge in [-0.2, -0.15) is 0 Å². The SMILES string of the molecule is O=C(O)c1coc(C(=O)NN2CCOCC2)c1. The number of nitrogens with zero attached hydrogens (tertiary/aromatic N) is 1. The van der Waals surface area contributed by atoms with Gasteiger partial charge in [0.05, 0.1) is 18.8 Å². The first-order chi connectivity index (χ1) is 8.16. The Labute approximate surface area is 96.9 Å². The molecule has 2 heterocycles. The van der Waals surface area contributed by atoms with Crippen molar-refractivity contribution in [2.45, 2.75) is 0 Å². The zero-order chi connectivity index (χ0) is 12.3. The maximum absolute atomic E-state index is 11.7. The Hall–Kier alpha value is -1.86. The van der Waals surface area contributed by atoms with Crippen LogP contribution in [0, 0.1) is 0 Å². The van der Waals surface area contributed by atoms with Crippen LogP contribution in [-0.2, 0) is 4.74 Å². The predicted molar refractivity (Wildman–Crippen MR) is 55.5 cm³/mol. The number of nitrogens with one attached hydrogen (secondary N) is 1. The average molecular weight is 240 g/mol. The van der Waals surface area contributed by atoms with E-state index in [0.717, 1.165) is 6.26 Å². The van der Waals surface area contributed by atoms with Crippen LogP contribution in [0.4, 0.5) is 0 Å². The standard InChI is InChI=1S/C10H12N2O5/c13-9(11-12-1-3-16-4-2-12)8-5-7(6-17-8)10(14)15/h5-6H,1-4H2,(H,11,13)(H,14,15). The van der Waals surface area contributed by atoms with Gasteiger partial charge in [0.2, 0.25) is 0 Å². The third kappa shape index (κ3) is 2.83. The highest BCUT2D eigenvalue weighted by Crippen LogP contribution is 2.08. The molecule has 7 heteroatoms. The number of morpholine rings is 1. The van der Waals surface area contributed by atoms with Gasteiger partial charge in [0.25, 0.3) is 0 Å². The first-order valence-corrected chi connectivity index (χ1v) is 5.12. The van der Waals surface area contributed by atoms with Gasteiger partial charge < -0.3 is 14.3 Å². The van der Waals surface area contributed by atoms with Crippen LogP contribution in [0.1, 0.15) is 20.9 Å². The number of carbonyl (C=O) groups is 2. The van der Waals surface area contributed by atoms with Gasteiger partial charge in [-0.25, -0.2) is 9.80 Å². The molecule has 2 N–H and O–H groups in total. The van der Waals surface area contributed by atoms with Gasteiger partial charge in [0.1, 0.15) is 6.26 Å². The van der Waals surface area contributed by atoms with E-state index in [1.54, 1.807) is 5.01 Å². The molecule has 0 unspecified atom stereocenters. The zero-order valence-corrected chi connectivity index (χ0v) is 9.01. The van der Waals surface area contributed by atoms with Gasteiger partial charge in [-0.05, 0) is 0 Å². The van der Waals surface area contributed by atoms with E-state index in [4.69, 9.17) is 14.3 Å². The van der Waals surface area contributed by atoms with Gasteiger partial charge in [-0.15, -0.1) is 0 Å². The quantitative estimate of drug-likeness (QED) is 0.769. The third-order valence-electron chi connectivity index (χ3n) is 2.34. The van der Waals surface area contributed by atoms with Crippen molar-refractivity contribution in [3.8, 4) is 0 Å². The lowest BCUT2D eigenvalue weighted by molar-refractivity contribution is 0.0118. The van der Waals surface area contributed by atoms with E-state index in [1.165, 1.54) is 6.07 Å². The fourth-order valence-corrected chi connectivity index (χ4v) is 1.44. The van der Waals surface area contributed by atoms with Crippen LogP contribution in [0.25, 0.3) is 0 Å². The molecule has 0 radical (unpaired) electrons. The van der Waals surface area contributed by atoms with Crippen molar-refractivity contribution in [1.29, 1.82) is 0 Å². The summed E-state index contributed by atoms with van der Waals surface area (Å²) >= 11 is 0. The summed E-state index contributed by atoms with van der Waals surface area (Å²) in [5.41, 5.74) is 2.57. The van der Waals surface area contributed by atoms with Crippen LogP contribution in [0.3, 0.4) is 0 Å². The number of carboxylic acid groups (broad SMARTS) is 1. The van der Waals surface area contributed by atoms with Crippen LogP contribution in [-0.4, -0.2) is 48.3 Å². The molecule has 0 saturated carbocycles. The second kappa shape index (κ2) is 4.98. The highest BCUT2D eigenvalue weighted by atomic mass is 16.5. The number of hydrogen-bond donors (Lipinski definition) is 2. The largest absolute Gasteiger partial charge is 0.478 e. The molecule has 7 nitrogen and oxygen atoms in total. The van der Waals surface area contributed by atoms with E-state index in [-0.39, 0.29) is 11.3 Å². The van der Waals surface area contributed by atoms with Crippen molar-refractivity contribution in [2.75, 3.05) is 26.3 Å². The molecule has 1 fully saturated rings. The molecule has 0 atom stereocenters. The van der Waals surface area contributed by atoms with E-state index < -0.39 is 11.9 Å². The van der Waals surface area contributed by atoms with Crippen LogP contribution in [0.15, 0.2) is 16.7 Å². The van der Waals surface area contributed by atoms with Crippen molar-refractivity contribution in [2.24, 2.45) is 0 Å². The predicted octanol–water partition coefficient (Wildman–Crippen LogP) is -0.0452. The highest BCUT2D eigenvalue weighted by Gasteiger charge is 2.18. The van der Waals surface area contributed by atoms with Gasteiger partial charge in [0.15, 0.2) is 5.76 Å². The van der Waals surface area contributed by atoms with Crippen LogP contribution in [0.5, 0.6) is 0 Å². The summed E-state index contributed by atoms with van der Waals surface area (Å²) in [5.74, 6) is -1.60. The molecule has 17 heavy (non-hydrogen) atoms. The number of hydrogen-bond acceptors (Lipinski definition) is 5. The Kier molecular flexibility index (Phi) is 3.40. The van der Waals surface area contributed by atoms with E-state index in [0.29, 0.717) is 26.3 Å². The number of carbonyl (C=O) groups excluding carboxylic acids is 1. The Morgan fingerprint density at radius 2 is 2.06 bits per heavy atom. The molecule has 1 aliphatic heterocycles. The molecular weight excluding hydrogens is 228 g/mol. The summed E-state index contributed by atoms with van der Waals surface area (Å²) in [6, 6.07) is 1.19. The van der Waals surface area contributed by atoms with Crippen molar-refractivity contribution in [1.82, 2.24) is 10.4 Å². The van der Waals surface area contributed by atoms with Gasteiger partial charge in [0, 0.05) is 19.2 Å². The van der Waals surface area contributed by atoms with E-state index in [2.05, 4.69) is 5.43 Å². The minimum atomic E-state index is -1.13. The lowest BCUT2D eigenvalue weighted by atomic mass is 10.3. The normalized spacial score (nSPS) is 16.7. The number of ether oxygens (including phenoxy) is 1. The summed E-state index contributed by atoms with van der Waals surface area (Å²) in [7, 11) is 0. The molecule has 1 aliphatic rings. The fraction of sp³-hybridized carbons (Fsp3) is 0.400. The van der Waals surface area contributed by atoms with Crippen molar-refractivity contribution in [3.05, 3.63) is 23.7 Å². The monoisotopic (exact) mass is 240 g/mol. The summed E-state index contributed by atoms with van der Waals surface area (Å²) in [5, 5.41) is 10.4. The molecule has 0 bridgehead atoms. The molecule has 1 aromatic rings. The van der Waals surface area contributed by atoms with Gasteiger partial charge in [-0.1, -0.05) is 0 Å². The van der Waals surface area contributed by atoms with Crippen molar-refractivity contribution >= 4 is 11.9 Å². The molecule has 1 saturated heterocycles. The van der Waals surface area contributed by atoms with Gasteiger partial charge >= 0.3 is 11.9 Å². The first-order valence-electron chi connectivity index (χ1n) is 5.12. The van der Waals surface area contributed by atoms with E-state index >= 15 is 0 Å². The molecule has 1 aromatic heterocycles. The molecular formula is C10H12N2O5. The van der Waals surface area contributed by atoms with Crippen molar-refractivity contribution in [3.63, 3.8) is 0 Å². The zero-order valence-electron chi connectivity index (χ0n) is 9.01. The van der Waals surface area contributed by atoms with Crippen molar-refractivity contribution < 1.29 is 23.8 Å². The fourth-order valence-electron chi connectivity index (χ4n) is 1.44. The van der Waals surface area contributed by atoms with Crippen LogP contribution < -0.4 is 5.43 Å². The lowest BCUT2D eigenvalue weighted by Crippen LogP contribution is -2.48. The smallest absolute Gasteiger partial charge is 0.338 e. The first kappa shape index (κ1) is 11.6. The highest BCUT2D eigenvalue weighted by molar-refractivity contribution is 5.95. The number of hydrazine groups is 1. The molecule has 2 rings (SSSR count). The summed E-state index contributed by atoms with van der Waals surface area (Å²) < 4.78 is 10.0. The lowest BCUT2D eigenvalue weighted by Gasteiger charge is -2.26. The Morgan fingerprint density at radius 3 is 2.65 bits per heavy atom. The Morgan fingerprint density at radius 1 is 1.35 bits per heavy atom. The Bertz CT molecular complexity index is 422. The number of aromatic carboxylic acids is 1. The van der Waals surface area contributed by atoms with Crippen LogP contribution >= 0.6 is 0 Å². The minimum absolute atomic E-state index is 0.0195. The molecule has 0 spiro atoms. The molecule has 0 aromatic carbocycles. The van der Waals surface area contributed by atoms with Gasteiger partial charge in [-0.3, -0.25) is 10.2 Å². The summed E-state index contributed by atoms with van der Waals surface area (Å²) in [6.45, 7) is 2.30. The van der Waals surface area contributed by atoms with Crippen LogP contribution in [0.2, 0.25) is 0 Å². The van der Waals surface area contributed by atoms with E-state index in [9.17, 15) is 9.59 Å².